The highest BCUT2D eigenvalue weighted by Crippen LogP contribution is 2.20. The standard InChI is InChI=1S/C19H14O2/c1-2-3-7-14-10-11-18-16(12-14)19(20)17(13-21-18)15-8-5-4-6-9-15/h2-13H,1H2/b7-3-. The molecular weight excluding hydrogens is 260 g/mol. The van der Waals surface area contributed by atoms with E-state index in [-0.39, 0.29) is 5.43 Å². The number of benzene rings is 2. The van der Waals surface area contributed by atoms with E-state index in [1.807, 2.05) is 60.7 Å². The third-order valence-electron chi connectivity index (χ3n) is 3.31. The fraction of sp³-hybridized carbons (Fsp3) is 0. The molecule has 2 nitrogen and oxygen atoms in total. The lowest BCUT2D eigenvalue weighted by Gasteiger charge is -2.03. The molecule has 0 aliphatic heterocycles. The molecule has 0 saturated heterocycles. The Labute approximate surface area is 122 Å². The number of hydrogen-bond donors (Lipinski definition) is 0. The molecule has 0 atom stereocenters. The second-order valence-corrected chi connectivity index (χ2v) is 4.69. The molecule has 0 amide bonds. The highest BCUT2D eigenvalue weighted by molar-refractivity contribution is 5.83. The predicted molar refractivity (Wildman–Crippen MR) is 87.2 cm³/mol. The Morgan fingerprint density at radius 3 is 2.62 bits per heavy atom. The highest BCUT2D eigenvalue weighted by Gasteiger charge is 2.08. The Balaban J connectivity index is 2.21. The molecule has 0 N–H and O–H groups in total. The highest BCUT2D eigenvalue weighted by atomic mass is 16.3. The van der Waals surface area contributed by atoms with Crippen molar-refractivity contribution in [2.24, 2.45) is 0 Å². The van der Waals surface area contributed by atoms with Gasteiger partial charge in [0.05, 0.1) is 10.9 Å². The van der Waals surface area contributed by atoms with Crippen molar-refractivity contribution in [3.8, 4) is 11.1 Å². The van der Waals surface area contributed by atoms with Crippen LogP contribution in [0.25, 0.3) is 28.2 Å². The van der Waals surface area contributed by atoms with Gasteiger partial charge in [0.1, 0.15) is 11.8 Å². The van der Waals surface area contributed by atoms with Crippen LogP contribution >= 0.6 is 0 Å². The Bertz CT molecular complexity index is 871. The van der Waals surface area contributed by atoms with Gasteiger partial charge in [0, 0.05) is 0 Å². The van der Waals surface area contributed by atoms with Crippen LogP contribution in [0.2, 0.25) is 0 Å². The molecule has 0 unspecified atom stereocenters. The average Bonchev–Trinajstić information content (AvgIpc) is 2.54. The fourth-order valence-electron chi connectivity index (χ4n) is 2.25. The quantitative estimate of drug-likeness (QED) is 0.650. The maximum Gasteiger partial charge on any atom is 0.200 e. The summed E-state index contributed by atoms with van der Waals surface area (Å²) in [5.41, 5.74) is 2.96. The maximum atomic E-state index is 12.7. The van der Waals surface area contributed by atoms with Crippen molar-refractivity contribution < 1.29 is 4.42 Å². The maximum absolute atomic E-state index is 12.7. The molecule has 0 aliphatic rings. The minimum atomic E-state index is -0.0173. The summed E-state index contributed by atoms with van der Waals surface area (Å²) in [4.78, 5) is 12.7. The van der Waals surface area contributed by atoms with Gasteiger partial charge in [0.25, 0.3) is 0 Å². The van der Waals surface area contributed by atoms with Gasteiger partial charge in [-0.2, -0.15) is 0 Å². The fourth-order valence-corrected chi connectivity index (χ4v) is 2.25. The van der Waals surface area contributed by atoms with Crippen LogP contribution in [-0.4, -0.2) is 0 Å². The Morgan fingerprint density at radius 2 is 1.86 bits per heavy atom. The van der Waals surface area contributed by atoms with E-state index in [2.05, 4.69) is 6.58 Å². The minimum Gasteiger partial charge on any atom is -0.463 e. The Kier molecular flexibility index (Phi) is 3.52. The molecule has 0 bridgehead atoms. The van der Waals surface area contributed by atoms with Gasteiger partial charge in [-0.3, -0.25) is 4.79 Å². The van der Waals surface area contributed by atoms with E-state index in [1.165, 1.54) is 6.26 Å². The smallest absolute Gasteiger partial charge is 0.200 e. The predicted octanol–water partition coefficient (Wildman–Crippen LogP) is 4.66. The lowest BCUT2D eigenvalue weighted by atomic mass is 10.0. The van der Waals surface area contributed by atoms with Crippen LogP contribution in [0, 0.1) is 0 Å². The van der Waals surface area contributed by atoms with E-state index in [9.17, 15) is 4.79 Å². The summed E-state index contributed by atoms with van der Waals surface area (Å²) in [6.07, 6.45) is 6.97. The summed E-state index contributed by atoms with van der Waals surface area (Å²) in [5.74, 6) is 0. The van der Waals surface area contributed by atoms with Crippen LogP contribution in [0.1, 0.15) is 5.56 Å². The van der Waals surface area contributed by atoms with E-state index in [0.717, 1.165) is 11.1 Å². The van der Waals surface area contributed by atoms with Gasteiger partial charge in [0.15, 0.2) is 0 Å². The molecule has 102 valence electrons. The summed E-state index contributed by atoms with van der Waals surface area (Å²) in [5, 5.41) is 0.586. The average molecular weight is 274 g/mol. The third kappa shape index (κ3) is 2.56. The molecule has 21 heavy (non-hydrogen) atoms. The van der Waals surface area contributed by atoms with Crippen LogP contribution in [0.4, 0.5) is 0 Å². The third-order valence-corrected chi connectivity index (χ3v) is 3.31. The first-order chi connectivity index (χ1) is 10.3. The number of rotatable bonds is 3. The Hall–Kier alpha value is -2.87. The van der Waals surface area contributed by atoms with Crippen molar-refractivity contribution in [3.05, 3.63) is 89.3 Å². The van der Waals surface area contributed by atoms with E-state index in [4.69, 9.17) is 4.42 Å². The summed E-state index contributed by atoms with van der Waals surface area (Å²) in [7, 11) is 0. The van der Waals surface area contributed by atoms with E-state index < -0.39 is 0 Å². The van der Waals surface area contributed by atoms with Crippen molar-refractivity contribution in [1.82, 2.24) is 0 Å². The molecule has 2 aromatic carbocycles. The van der Waals surface area contributed by atoms with Crippen molar-refractivity contribution in [3.63, 3.8) is 0 Å². The lowest BCUT2D eigenvalue weighted by molar-refractivity contribution is 0.604. The monoisotopic (exact) mass is 274 g/mol. The van der Waals surface area contributed by atoms with E-state index in [0.29, 0.717) is 16.5 Å². The molecule has 0 aliphatic carbocycles. The topological polar surface area (TPSA) is 30.2 Å². The first-order valence-electron chi connectivity index (χ1n) is 6.69. The molecule has 0 spiro atoms. The SMILES string of the molecule is C=C/C=C\c1ccc2occ(-c3ccccc3)c(=O)c2c1. The molecule has 1 heterocycles. The molecule has 0 fully saturated rings. The number of fused-ring (bicyclic) bond motifs is 1. The van der Waals surface area contributed by atoms with Gasteiger partial charge in [-0.25, -0.2) is 0 Å². The summed E-state index contributed by atoms with van der Waals surface area (Å²) in [6.45, 7) is 3.64. The second-order valence-electron chi connectivity index (χ2n) is 4.69. The van der Waals surface area contributed by atoms with Gasteiger partial charge in [-0.15, -0.1) is 0 Å². The number of hydrogen-bond acceptors (Lipinski definition) is 2. The second kappa shape index (κ2) is 5.63. The van der Waals surface area contributed by atoms with Gasteiger partial charge in [-0.05, 0) is 23.3 Å². The zero-order chi connectivity index (χ0) is 14.7. The molecular formula is C19H14O2. The van der Waals surface area contributed by atoms with E-state index in [1.54, 1.807) is 6.08 Å². The molecule has 0 saturated carbocycles. The largest absolute Gasteiger partial charge is 0.463 e. The zero-order valence-electron chi connectivity index (χ0n) is 11.5. The summed E-state index contributed by atoms with van der Waals surface area (Å²) >= 11 is 0. The molecule has 0 radical (unpaired) electrons. The normalized spacial score (nSPS) is 11.0. The van der Waals surface area contributed by atoms with Gasteiger partial charge in [0.2, 0.25) is 5.43 Å². The van der Waals surface area contributed by atoms with Gasteiger partial charge in [-0.1, -0.05) is 61.2 Å². The van der Waals surface area contributed by atoms with Gasteiger partial charge < -0.3 is 4.42 Å². The molecule has 2 heteroatoms. The molecule has 3 aromatic rings. The van der Waals surface area contributed by atoms with Crippen LogP contribution in [0.3, 0.4) is 0 Å². The van der Waals surface area contributed by atoms with Crippen LogP contribution < -0.4 is 5.43 Å². The van der Waals surface area contributed by atoms with Crippen molar-refractivity contribution in [2.45, 2.75) is 0 Å². The van der Waals surface area contributed by atoms with Crippen molar-refractivity contribution >= 4 is 17.0 Å². The molecule has 1 aromatic heterocycles. The van der Waals surface area contributed by atoms with Crippen LogP contribution in [-0.2, 0) is 0 Å². The minimum absolute atomic E-state index is 0.0173. The van der Waals surface area contributed by atoms with Crippen molar-refractivity contribution in [1.29, 1.82) is 0 Å². The first-order valence-corrected chi connectivity index (χ1v) is 6.69. The first kappa shape index (κ1) is 13.1. The zero-order valence-corrected chi connectivity index (χ0v) is 11.5. The van der Waals surface area contributed by atoms with Crippen LogP contribution in [0.5, 0.6) is 0 Å². The van der Waals surface area contributed by atoms with E-state index >= 15 is 0 Å². The number of allylic oxidation sites excluding steroid dienone is 2. The summed E-state index contributed by atoms with van der Waals surface area (Å²) in [6, 6.07) is 15.1. The lowest BCUT2D eigenvalue weighted by Crippen LogP contribution is -2.04. The van der Waals surface area contributed by atoms with Crippen molar-refractivity contribution in [2.75, 3.05) is 0 Å². The van der Waals surface area contributed by atoms with Gasteiger partial charge >= 0.3 is 0 Å². The Morgan fingerprint density at radius 1 is 1.05 bits per heavy atom. The summed E-state index contributed by atoms with van der Waals surface area (Å²) < 4.78 is 5.59. The molecule has 3 rings (SSSR count). The van der Waals surface area contributed by atoms with Crippen LogP contribution in [0.15, 0.2) is 82.7 Å².